The van der Waals surface area contributed by atoms with Crippen LogP contribution < -0.4 is 5.32 Å². The van der Waals surface area contributed by atoms with Crippen LogP contribution in [0.25, 0.3) is 0 Å². The molecule has 4 nitrogen and oxygen atoms in total. The summed E-state index contributed by atoms with van der Waals surface area (Å²) in [6.07, 6.45) is 0. The lowest BCUT2D eigenvalue weighted by atomic mass is 10.3. The zero-order valence-corrected chi connectivity index (χ0v) is 9.07. The fraction of sp³-hybridized carbons (Fsp3) is 0.545. The molecule has 0 aromatic carbocycles. The molecule has 0 unspecified atom stereocenters. The van der Waals surface area contributed by atoms with Crippen molar-refractivity contribution in [3.63, 3.8) is 0 Å². The van der Waals surface area contributed by atoms with E-state index in [1.165, 1.54) is 0 Å². The molecule has 0 bridgehead atoms. The standard InChI is InChI=1S/C11H18N2O2/c1-10-3-2-4-11(13-10)9-12-5-7-15-8-6-14/h2-4,12,14H,5-9H2,1H3. The minimum absolute atomic E-state index is 0.0828. The molecule has 0 atom stereocenters. The summed E-state index contributed by atoms with van der Waals surface area (Å²) < 4.78 is 5.11. The maximum Gasteiger partial charge on any atom is 0.0698 e. The van der Waals surface area contributed by atoms with Crippen LogP contribution in [0.15, 0.2) is 18.2 Å². The molecule has 2 N–H and O–H groups in total. The number of nitrogens with one attached hydrogen (secondary N) is 1. The van der Waals surface area contributed by atoms with Gasteiger partial charge in [-0.1, -0.05) is 6.07 Å². The molecule has 0 aliphatic carbocycles. The molecule has 0 fully saturated rings. The smallest absolute Gasteiger partial charge is 0.0698 e. The largest absolute Gasteiger partial charge is 0.394 e. The molecule has 4 heteroatoms. The second-order valence-corrected chi connectivity index (χ2v) is 3.28. The van der Waals surface area contributed by atoms with Crippen molar-refractivity contribution in [3.8, 4) is 0 Å². The van der Waals surface area contributed by atoms with E-state index in [1.54, 1.807) is 0 Å². The molecule has 0 amide bonds. The van der Waals surface area contributed by atoms with Crippen LogP contribution in [0.1, 0.15) is 11.4 Å². The van der Waals surface area contributed by atoms with E-state index in [9.17, 15) is 0 Å². The van der Waals surface area contributed by atoms with Crippen molar-refractivity contribution in [3.05, 3.63) is 29.6 Å². The van der Waals surface area contributed by atoms with E-state index in [1.807, 2.05) is 25.1 Å². The van der Waals surface area contributed by atoms with Crippen molar-refractivity contribution in [1.82, 2.24) is 10.3 Å². The van der Waals surface area contributed by atoms with Crippen LogP contribution in [0.4, 0.5) is 0 Å². The predicted molar refractivity (Wildman–Crippen MR) is 58.6 cm³/mol. The molecule has 0 saturated carbocycles. The number of aliphatic hydroxyl groups is 1. The number of ether oxygens (including phenoxy) is 1. The lowest BCUT2D eigenvalue weighted by molar-refractivity contribution is 0.0937. The van der Waals surface area contributed by atoms with Crippen molar-refractivity contribution in [2.45, 2.75) is 13.5 Å². The average molecular weight is 210 g/mol. The number of aliphatic hydroxyl groups excluding tert-OH is 1. The first-order chi connectivity index (χ1) is 7.33. The normalized spacial score (nSPS) is 10.5. The molecule has 0 spiro atoms. The van der Waals surface area contributed by atoms with Gasteiger partial charge >= 0.3 is 0 Å². The second kappa shape index (κ2) is 7.34. The van der Waals surface area contributed by atoms with Crippen LogP contribution in [0, 0.1) is 6.92 Å². The fourth-order valence-electron chi connectivity index (χ4n) is 1.23. The first-order valence-corrected chi connectivity index (χ1v) is 5.15. The van der Waals surface area contributed by atoms with E-state index in [0.29, 0.717) is 13.2 Å². The highest BCUT2D eigenvalue weighted by molar-refractivity contribution is 5.09. The van der Waals surface area contributed by atoms with Crippen molar-refractivity contribution in [1.29, 1.82) is 0 Å². The van der Waals surface area contributed by atoms with Gasteiger partial charge < -0.3 is 15.2 Å². The molecule has 0 aliphatic heterocycles. The highest BCUT2D eigenvalue weighted by Crippen LogP contribution is 1.96. The Morgan fingerprint density at radius 2 is 2.27 bits per heavy atom. The zero-order chi connectivity index (χ0) is 10.9. The molecule has 0 aliphatic rings. The van der Waals surface area contributed by atoms with E-state index in [-0.39, 0.29) is 6.61 Å². The SMILES string of the molecule is Cc1cccc(CNCCOCCO)n1. The Morgan fingerprint density at radius 1 is 1.40 bits per heavy atom. The molecule has 0 saturated heterocycles. The van der Waals surface area contributed by atoms with Crippen LogP contribution in [0.2, 0.25) is 0 Å². The lowest BCUT2D eigenvalue weighted by Gasteiger charge is -2.05. The summed E-state index contributed by atoms with van der Waals surface area (Å²) in [7, 11) is 0. The third-order valence-corrected chi connectivity index (χ3v) is 1.91. The van der Waals surface area contributed by atoms with Gasteiger partial charge in [0, 0.05) is 18.8 Å². The minimum Gasteiger partial charge on any atom is -0.394 e. The number of hydrogen-bond donors (Lipinski definition) is 2. The number of nitrogens with zero attached hydrogens (tertiary/aromatic N) is 1. The van der Waals surface area contributed by atoms with Gasteiger partial charge in [-0.3, -0.25) is 4.98 Å². The zero-order valence-electron chi connectivity index (χ0n) is 9.07. The predicted octanol–water partition coefficient (Wildman–Crippen LogP) is 0.489. The van der Waals surface area contributed by atoms with E-state index in [2.05, 4.69) is 10.3 Å². The van der Waals surface area contributed by atoms with Crippen LogP contribution in [0.5, 0.6) is 0 Å². The van der Waals surface area contributed by atoms with Crippen LogP contribution in [0.3, 0.4) is 0 Å². The third-order valence-electron chi connectivity index (χ3n) is 1.91. The number of aryl methyl sites for hydroxylation is 1. The van der Waals surface area contributed by atoms with E-state index >= 15 is 0 Å². The Labute approximate surface area is 90.3 Å². The first kappa shape index (κ1) is 12.1. The maximum atomic E-state index is 8.48. The molecule has 84 valence electrons. The van der Waals surface area contributed by atoms with Gasteiger partial charge in [-0.15, -0.1) is 0 Å². The summed E-state index contributed by atoms with van der Waals surface area (Å²) in [6, 6.07) is 5.98. The molecule has 0 radical (unpaired) electrons. The lowest BCUT2D eigenvalue weighted by Crippen LogP contribution is -2.20. The quantitative estimate of drug-likeness (QED) is 0.643. The van der Waals surface area contributed by atoms with Gasteiger partial charge in [0.2, 0.25) is 0 Å². The highest BCUT2D eigenvalue weighted by Gasteiger charge is 1.94. The van der Waals surface area contributed by atoms with Crippen LogP contribution >= 0.6 is 0 Å². The van der Waals surface area contributed by atoms with Crippen molar-refractivity contribution < 1.29 is 9.84 Å². The Kier molecular flexibility index (Phi) is 5.92. The molecular formula is C11H18N2O2. The van der Waals surface area contributed by atoms with Gasteiger partial charge in [-0.2, -0.15) is 0 Å². The first-order valence-electron chi connectivity index (χ1n) is 5.15. The number of rotatable bonds is 7. The fourth-order valence-corrected chi connectivity index (χ4v) is 1.23. The molecular weight excluding hydrogens is 192 g/mol. The average Bonchev–Trinajstić information content (AvgIpc) is 2.23. The summed E-state index contributed by atoms with van der Waals surface area (Å²) in [5.41, 5.74) is 2.07. The van der Waals surface area contributed by atoms with Crippen LogP contribution in [-0.4, -0.2) is 36.5 Å². The Balaban J connectivity index is 2.10. The summed E-state index contributed by atoms with van der Waals surface area (Å²) >= 11 is 0. The number of hydrogen-bond acceptors (Lipinski definition) is 4. The topological polar surface area (TPSA) is 54.4 Å². The molecule has 1 heterocycles. The van der Waals surface area contributed by atoms with Gasteiger partial charge in [-0.05, 0) is 19.1 Å². The summed E-state index contributed by atoms with van der Waals surface area (Å²) in [4.78, 5) is 4.36. The highest BCUT2D eigenvalue weighted by atomic mass is 16.5. The number of aromatic nitrogens is 1. The Morgan fingerprint density at radius 3 is 3.00 bits per heavy atom. The summed E-state index contributed by atoms with van der Waals surface area (Å²) in [6.45, 7) is 4.61. The number of pyridine rings is 1. The Hall–Kier alpha value is -0.970. The van der Waals surface area contributed by atoms with E-state index < -0.39 is 0 Å². The van der Waals surface area contributed by atoms with E-state index in [0.717, 1.165) is 24.5 Å². The summed E-state index contributed by atoms with van der Waals surface area (Å²) in [5, 5.41) is 11.7. The maximum absolute atomic E-state index is 8.48. The third kappa shape index (κ3) is 5.47. The van der Waals surface area contributed by atoms with Crippen molar-refractivity contribution in [2.75, 3.05) is 26.4 Å². The minimum atomic E-state index is 0.0828. The molecule has 1 rings (SSSR count). The molecule has 15 heavy (non-hydrogen) atoms. The van der Waals surface area contributed by atoms with Crippen molar-refractivity contribution >= 4 is 0 Å². The van der Waals surface area contributed by atoms with Gasteiger partial charge in [0.05, 0.1) is 25.5 Å². The van der Waals surface area contributed by atoms with Crippen molar-refractivity contribution in [2.24, 2.45) is 0 Å². The van der Waals surface area contributed by atoms with Gasteiger partial charge in [0.1, 0.15) is 0 Å². The van der Waals surface area contributed by atoms with Gasteiger partial charge in [0.15, 0.2) is 0 Å². The van der Waals surface area contributed by atoms with Crippen LogP contribution in [-0.2, 0) is 11.3 Å². The van der Waals surface area contributed by atoms with E-state index in [4.69, 9.17) is 9.84 Å². The van der Waals surface area contributed by atoms with Gasteiger partial charge in [-0.25, -0.2) is 0 Å². The summed E-state index contributed by atoms with van der Waals surface area (Å²) in [5.74, 6) is 0. The molecule has 1 aromatic rings. The van der Waals surface area contributed by atoms with Gasteiger partial charge in [0.25, 0.3) is 0 Å². The monoisotopic (exact) mass is 210 g/mol. The Bertz CT molecular complexity index is 279. The second-order valence-electron chi connectivity index (χ2n) is 3.28. The molecule has 1 aromatic heterocycles.